The lowest BCUT2D eigenvalue weighted by molar-refractivity contribution is 0.312. The van der Waals surface area contributed by atoms with Crippen molar-refractivity contribution in [2.75, 3.05) is 23.4 Å². The minimum atomic E-state index is -2.94. The van der Waals surface area contributed by atoms with E-state index in [0.717, 1.165) is 0 Å². The molecule has 9 heteroatoms. The van der Waals surface area contributed by atoms with Gasteiger partial charge in [0.2, 0.25) is 11.2 Å². The van der Waals surface area contributed by atoms with Gasteiger partial charge < -0.3 is 10.1 Å². The van der Waals surface area contributed by atoms with Crippen LogP contribution in [0.1, 0.15) is 13.3 Å². The Balaban J connectivity index is 2.09. The highest BCUT2D eigenvalue weighted by Gasteiger charge is 2.28. The maximum atomic E-state index is 11.3. The van der Waals surface area contributed by atoms with Crippen LogP contribution < -0.4 is 10.1 Å². The normalized spacial score (nSPS) is 21.8. The summed E-state index contributed by atoms with van der Waals surface area (Å²) >= 11 is 5.73. The summed E-state index contributed by atoms with van der Waals surface area (Å²) in [6, 6.07) is -0.0659. The third kappa shape index (κ3) is 3.42. The Bertz CT molecular complexity index is 537. The Morgan fingerprint density at radius 2 is 2.22 bits per heavy atom. The SMILES string of the molecule is CCOc1nc(Cl)nc(NC2CCS(=O)(=O)C2)n1. The molecule has 100 valence electrons. The van der Waals surface area contributed by atoms with Crippen molar-refractivity contribution in [3.8, 4) is 6.01 Å². The van der Waals surface area contributed by atoms with E-state index >= 15 is 0 Å². The number of nitrogens with one attached hydrogen (secondary N) is 1. The van der Waals surface area contributed by atoms with E-state index in [1.807, 2.05) is 0 Å². The van der Waals surface area contributed by atoms with E-state index in [1.54, 1.807) is 6.92 Å². The molecule has 1 aliphatic heterocycles. The highest BCUT2D eigenvalue weighted by Crippen LogP contribution is 2.17. The van der Waals surface area contributed by atoms with Gasteiger partial charge in [-0.25, -0.2) is 8.42 Å². The van der Waals surface area contributed by atoms with E-state index < -0.39 is 9.84 Å². The summed E-state index contributed by atoms with van der Waals surface area (Å²) in [4.78, 5) is 11.7. The molecule has 0 saturated carbocycles. The summed E-state index contributed by atoms with van der Waals surface area (Å²) in [6.45, 7) is 2.21. The molecule has 1 saturated heterocycles. The number of ether oxygens (including phenoxy) is 1. The fourth-order valence-electron chi connectivity index (χ4n) is 1.68. The molecular formula is C9H13ClN4O3S. The number of rotatable bonds is 4. The zero-order chi connectivity index (χ0) is 13.2. The molecule has 0 bridgehead atoms. The zero-order valence-electron chi connectivity index (χ0n) is 9.76. The summed E-state index contributed by atoms with van der Waals surface area (Å²) in [5.41, 5.74) is 0. The smallest absolute Gasteiger partial charge is 0.322 e. The van der Waals surface area contributed by atoms with Crippen molar-refractivity contribution in [3.05, 3.63) is 5.28 Å². The van der Waals surface area contributed by atoms with Crippen LogP contribution in [0.3, 0.4) is 0 Å². The number of nitrogens with zero attached hydrogens (tertiary/aromatic N) is 3. The van der Waals surface area contributed by atoms with E-state index in [-0.39, 0.29) is 34.8 Å². The molecule has 1 atom stereocenters. The van der Waals surface area contributed by atoms with Gasteiger partial charge >= 0.3 is 6.01 Å². The van der Waals surface area contributed by atoms with E-state index in [1.165, 1.54) is 0 Å². The van der Waals surface area contributed by atoms with Crippen molar-refractivity contribution in [3.63, 3.8) is 0 Å². The Labute approximate surface area is 110 Å². The number of anilines is 1. The van der Waals surface area contributed by atoms with E-state index in [4.69, 9.17) is 16.3 Å². The molecule has 1 fully saturated rings. The second-order valence-electron chi connectivity index (χ2n) is 3.89. The largest absolute Gasteiger partial charge is 0.464 e. The molecular weight excluding hydrogens is 280 g/mol. The molecule has 2 rings (SSSR count). The van der Waals surface area contributed by atoms with Gasteiger partial charge in [0.1, 0.15) is 0 Å². The average molecular weight is 293 g/mol. The number of hydrogen-bond acceptors (Lipinski definition) is 7. The van der Waals surface area contributed by atoms with Gasteiger partial charge in [0.05, 0.1) is 18.1 Å². The van der Waals surface area contributed by atoms with Crippen molar-refractivity contribution >= 4 is 27.4 Å². The van der Waals surface area contributed by atoms with Crippen LogP contribution in [0.2, 0.25) is 5.28 Å². The summed E-state index contributed by atoms with van der Waals surface area (Å²) in [6.07, 6.45) is 0.537. The first-order valence-corrected chi connectivity index (χ1v) is 7.70. The van der Waals surface area contributed by atoms with Crippen LogP contribution in [0.15, 0.2) is 0 Å². The lowest BCUT2D eigenvalue weighted by atomic mass is 10.3. The van der Waals surface area contributed by atoms with Crippen molar-refractivity contribution in [2.24, 2.45) is 0 Å². The first-order chi connectivity index (χ1) is 8.48. The van der Waals surface area contributed by atoms with Crippen molar-refractivity contribution in [2.45, 2.75) is 19.4 Å². The van der Waals surface area contributed by atoms with Crippen LogP contribution in [0.5, 0.6) is 6.01 Å². The molecule has 1 N–H and O–H groups in total. The molecule has 0 aromatic carbocycles. The van der Waals surface area contributed by atoms with Crippen LogP contribution in [0, 0.1) is 0 Å². The lowest BCUT2D eigenvalue weighted by Crippen LogP contribution is -2.22. The van der Waals surface area contributed by atoms with E-state index in [9.17, 15) is 8.42 Å². The third-order valence-electron chi connectivity index (χ3n) is 2.43. The molecule has 0 radical (unpaired) electrons. The molecule has 2 heterocycles. The summed E-state index contributed by atoms with van der Waals surface area (Å²) in [5.74, 6) is 0.503. The number of hydrogen-bond donors (Lipinski definition) is 1. The maximum absolute atomic E-state index is 11.3. The molecule has 1 unspecified atom stereocenters. The van der Waals surface area contributed by atoms with E-state index in [2.05, 4.69) is 20.3 Å². The van der Waals surface area contributed by atoms with Gasteiger partial charge in [0.15, 0.2) is 9.84 Å². The number of sulfone groups is 1. The van der Waals surface area contributed by atoms with Gasteiger partial charge in [0, 0.05) is 6.04 Å². The summed E-state index contributed by atoms with van der Waals surface area (Å²) in [7, 11) is -2.94. The molecule has 1 aromatic rings. The maximum Gasteiger partial charge on any atom is 0.322 e. The molecule has 18 heavy (non-hydrogen) atoms. The first kappa shape index (κ1) is 13.3. The first-order valence-electron chi connectivity index (χ1n) is 5.50. The van der Waals surface area contributed by atoms with Crippen LogP contribution in [0.4, 0.5) is 5.95 Å². The molecule has 0 amide bonds. The predicted octanol–water partition coefficient (Wildman–Crippen LogP) is 0.523. The van der Waals surface area contributed by atoms with Gasteiger partial charge in [-0.15, -0.1) is 0 Å². The minimum absolute atomic E-state index is 0.0109. The van der Waals surface area contributed by atoms with Gasteiger partial charge in [-0.2, -0.15) is 15.0 Å². The molecule has 0 spiro atoms. The minimum Gasteiger partial charge on any atom is -0.464 e. The topological polar surface area (TPSA) is 94.1 Å². The highest BCUT2D eigenvalue weighted by atomic mass is 35.5. The Kier molecular flexibility index (Phi) is 3.86. The van der Waals surface area contributed by atoms with Crippen LogP contribution in [-0.2, 0) is 9.84 Å². The quantitative estimate of drug-likeness (QED) is 0.864. The summed E-state index contributed by atoms with van der Waals surface area (Å²) in [5, 5.41) is 2.94. The Morgan fingerprint density at radius 1 is 1.44 bits per heavy atom. The standard InChI is InChI=1S/C9H13ClN4O3S/c1-2-17-9-13-7(10)12-8(14-9)11-6-3-4-18(15,16)5-6/h6H,2-5H2,1H3,(H,11,12,13,14). The lowest BCUT2D eigenvalue weighted by Gasteiger charge is -2.11. The van der Waals surface area contributed by atoms with Crippen LogP contribution in [0.25, 0.3) is 0 Å². The monoisotopic (exact) mass is 292 g/mol. The van der Waals surface area contributed by atoms with Crippen LogP contribution in [-0.4, -0.2) is 47.5 Å². The second-order valence-corrected chi connectivity index (χ2v) is 6.45. The van der Waals surface area contributed by atoms with Crippen molar-refractivity contribution in [1.29, 1.82) is 0 Å². The van der Waals surface area contributed by atoms with Gasteiger partial charge in [-0.1, -0.05) is 0 Å². The van der Waals surface area contributed by atoms with Gasteiger partial charge in [-0.3, -0.25) is 0 Å². The molecule has 0 aliphatic carbocycles. The predicted molar refractivity (Wildman–Crippen MR) is 66.7 cm³/mol. The number of aromatic nitrogens is 3. The highest BCUT2D eigenvalue weighted by molar-refractivity contribution is 7.91. The third-order valence-corrected chi connectivity index (χ3v) is 4.36. The van der Waals surface area contributed by atoms with E-state index in [0.29, 0.717) is 13.0 Å². The average Bonchev–Trinajstić information content (AvgIpc) is 2.57. The molecule has 1 aromatic heterocycles. The van der Waals surface area contributed by atoms with Gasteiger partial charge in [0.25, 0.3) is 0 Å². The zero-order valence-corrected chi connectivity index (χ0v) is 11.3. The molecule has 7 nitrogen and oxygen atoms in total. The fourth-order valence-corrected chi connectivity index (χ4v) is 3.51. The summed E-state index contributed by atoms with van der Waals surface area (Å²) < 4.78 is 27.8. The fraction of sp³-hybridized carbons (Fsp3) is 0.667. The van der Waals surface area contributed by atoms with Gasteiger partial charge in [-0.05, 0) is 24.9 Å². The second kappa shape index (κ2) is 5.23. The van der Waals surface area contributed by atoms with Crippen LogP contribution >= 0.6 is 11.6 Å². The Hall–Kier alpha value is -1.15. The van der Waals surface area contributed by atoms with Crippen molar-refractivity contribution < 1.29 is 13.2 Å². The Morgan fingerprint density at radius 3 is 2.83 bits per heavy atom. The molecule has 1 aliphatic rings. The number of halogens is 1. The van der Waals surface area contributed by atoms with Crippen molar-refractivity contribution in [1.82, 2.24) is 15.0 Å².